The lowest BCUT2D eigenvalue weighted by Gasteiger charge is -2.14. The first-order valence-electron chi connectivity index (χ1n) is 6.98. The number of hydrazone groups is 1. The van der Waals surface area contributed by atoms with E-state index in [4.69, 9.17) is 9.47 Å². The van der Waals surface area contributed by atoms with E-state index in [0.29, 0.717) is 18.1 Å². The second-order valence-electron chi connectivity index (χ2n) is 4.57. The topological polar surface area (TPSA) is 34.1 Å². The molecule has 0 bridgehead atoms. The lowest BCUT2D eigenvalue weighted by molar-refractivity contribution is 0.310. The predicted octanol–water partition coefficient (Wildman–Crippen LogP) is 4.33. The van der Waals surface area contributed by atoms with Crippen LogP contribution in [0.1, 0.15) is 12.5 Å². The number of ether oxygens (including phenoxy) is 2. The average Bonchev–Trinajstić information content (AvgIpc) is 2.53. The second-order valence-corrected chi connectivity index (χ2v) is 5.43. The number of methoxy groups -OCH3 is 1. The van der Waals surface area contributed by atoms with Crippen molar-refractivity contribution in [2.45, 2.75) is 6.92 Å². The zero-order chi connectivity index (χ0) is 15.9. The Labute approximate surface area is 139 Å². The van der Waals surface area contributed by atoms with E-state index in [2.05, 4.69) is 21.0 Å². The summed E-state index contributed by atoms with van der Waals surface area (Å²) in [7, 11) is 3.54. The number of para-hydroxylation sites is 1. The van der Waals surface area contributed by atoms with Crippen molar-refractivity contribution in [1.82, 2.24) is 0 Å². The van der Waals surface area contributed by atoms with Gasteiger partial charge in [-0.05, 0) is 52.7 Å². The van der Waals surface area contributed by atoms with Crippen molar-refractivity contribution in [3.05, 3.63) is 52.5 Å². The van der Waals surface area contributed by atoms with Gasteiger partial charge in [-0.15, -0.1) is 0 Å². The summed E-state index contributed by atoms with van der Waals surface area (Å²) in [6.07, 6.45) is 1.79. The van der Waals surface area contributed by atoms with Gasteiger partial charge in [0.25, 0.3) is 0 Å². The fraction of sp³-hybridized carbons (Fsp3) is 0.235. The molecule has 2 aromatic rings. The van der Waals surface area contributed by atoms with E-state index in [9.17, 15) is 0 Å². The highest BCUT2D eigenvalue weighted by Crippen LogP contribution is 2.36. The van der Waals surface area contributed by atoms with E-state index in [0.717, 1.165) is 15.7 Å². The molecule has 0 heterocycles. The molecule has 0 aliphatic heterocycles. The summed E-state index contributed by atoms with van der Waals surface area (Å²) >= 11 is 3.50. The zero-order valence-electron chi connectivity index (χ0n) is 12.9. The number of hydrogen-bond acceptors (Lipinski definition) is 4. The standard InChI is InChI=1S/C17H19BrN2O2/c1-4-22-16-11-13(10-15(18)17(16)21-3)12-19-20(2)14-8-6-5-7-9-14/h5-12H,4H2,1-3H3/b19-12-. The van der Waals surface area contributed by atoms with Gasteiger partial charge in [-0.1, -0.05) is 18.2 Å². The smallest absolute Gasteiger partial charge is 0.174 e. The van der Waals surface area contributed by atoms with E-state index >= 15 is 0 Å². The fourth-order valence-corrected chi connectivity index (χ4v) is 2.61. The first-order chi connectivity index (χ1) is 10.7. The van der Waals surface area contributed by atoms with Gasteiger partial charge in [-0.2, -0.15) is 5.10 Å². The van der Waals surface area contributed by atoms with Crippen LogP contribution in [0.2, 0.25) is 0 Å². The maximum atomic E-state index is 5.61. The second kappa shape index (κ2) is 7.84. The summed E-state index contributed by atoms with van der Waals surface area (Å²) in [5.41, 5.74) is 1.95. The SMILES string of the molecule is CCOc1cc(/C=N\N(C)c2ccccc2)cc(Br)c1OC. The Balaban J connectivity index is 2.24. The highest BCUT2D eigenvalue weighted by molar-refractivity contribution is 9.10. The highest BCUT2D eigenvalue weighted by Gasteiger charge is 2.10. The molecule has 2 rings (SSSR count). The van der Waals surface area contributed by atoms with Crippen LogP contribution in [0.4, 0.5) is 5.69 Å². The van der Waals surface area contributed by atoms with Crippen molar-refractivity contribution >= 4 is 27.8 Å². The molecule has 5 heteroatoms. The summed E-state index contributed by atoms with van der Waals surface area (Å²) in [6.45, 7) is 2.52. The van der Waals surface area contributed by atoms with Gasteiger partial charge in [0.05, 0.1) is 30.1 Å². The quantitative estimate of drug-likeness (QED) is 0.566. The summed E-state index contributed by atoms with van der Waals surface area (Å²) in [4.78, 5) is 0. The zero-order valence-corrected chi connectivity index (χ0v) is 14.5. The van der Waals surface area contributed by atoms with Crippen LogP contribution < -0.4 is 14.5 Å². The van der Waals surface area contributed by atoms with Crippen molar-refractivity contribution in [2.75, 3.05) is 25.8 Å². The van der Waals surface area contributed by atoms with Crippen LogP contribution in [-0.2, 0) is 0 Å². The molecule has 0 radical (unpaired) electrons. The van der Waals surface area contributed by atoms with E-state index in [1.165, 1.54) is 0 Å². The van der Waals surface area contributed by atoms with Crippen LogP contribution in [0.3, 0.4) is 0 Å². The van der Waals surface area contributed by atoms with Crippen molar-refractivity contribution in [3.63, 3.8) is 0 Å². The number of rotatable bonds is 6. The minimum atomic E-state index is 0.577. The molecular formula is C17H19BrN2O2. The molecule has 116 valence electrons. The molecule has 0 fully saturated rings. The van der Waals surface area contributed by atoms with Crippen molar-refractivity contribution in [2.24, 2.45) is 5.10 Å². The molecule has 0 aliphatic rings. The Morgan fingerprint density at radius 1 is 1.23 bits per heavy atom. The van der Waals surface area contributed by atoms with Gasteiger partial charge in [0.15, 0.2) is 11.5 Å². The minimum absolute atomic E-state index is 0.577. The van der Waals surface area contributed by atoms with Crippen LogP contribution in [0.15, 0.2) is 52.0 Å². The molecule has 0 aliphatic carbocycles. The number of halogens is 1. The summed E-state index contributed by atoms with van der Waals surface area (Å²) < 4.78 is 11.8. The van der Waals surface area contributed by atoms with E-state index in [1.807, 2.05) is 61.4 Å². The van der Waals surface area contributed by atoms with Crippen LogP contribution in [-0.4, -0.2) is 27.0 Å². The first-order valence-corrected chi connectivity index (χ1v) is 7.78. The monoisotopic (exact) mass is 362 g/mol. The molecule has 0 amide bonds. The number of nitrogens with zero attached hydrogens (tertiary/aromatic N) is 2. The summed E-state index contributed by atoms with van der Waals surface area (Å²) in [6, 6.07) is 13.8. The van der Waals surface area contributed by atoms with Crippen LogP contribution in [0.5, 0.6) is 11.5 Å². The third kappa shape index (κ3) is 4.01. The molecule has 0 atom stereocenters. The van der Waals surface area contributed by atoms with Gasteiger partial charge in [0, 0.05) is 7.05 Å². The van der Waals surface area contributed by atoms with Crippen molar-refractivity contribution < 1.29 is 9.47 Å². The van der Waals surface area contributed by atoms with Gasteiger partial charge in [0.1, 0.15) is 0 Å². The molecule has 2 aromatic carbocycles. The minimum Gasteiger partial charge on any atom is -0.492 e. The first kappa shape index (κ1) is 16.4. The molecule has 0 N–H and O–H groups in total. The van der Waals surface area contributed by atoms with Gasteiger partial charge >= 0.3 is 0 Å². The molecule has 0 saturated heterocycles. The largest absolute Gasteiger partial charge is 0.492 e. The molecule has 0 saturated carbocycles. The maximum absolute atomic E-state index is 5.61. The third-order valence-corrected chi connectivity index (χ3v) is 3.63. The van der Waals surface area contributed by atoms with Crippen molar-refractivity contribution in [3.8, 4) is 11.5 Å². The maximum Gasteiger partial charge on any atom is 0.174 e. The third-order valence-electron chi connectivity index (χ3n) is 3.05. The highest BCUT2D eigenvalue weighted by atomic mass is 79.9. The lowest BCUT2D eigenvalue weighted by atomic mass is 10.2. The van der Waals surface area contributed by atoms with Gasteiger partial charge < -0.3 is 9.47 Å². The molecule has 0 unspecified atom stereocenters. The number of hydrogen-bond donors (Lipinski definition) is 0. The van der Waals surface area contributed by atoms with Crippen LogP contribution in [0.25, 0.3) is 0 Å². The molecule has 22 heavy (non-hydrogen) atoms. The van der Waals surface area contributed by atoms with E-state index in [-0.39, 0.29) is 0 Å². The van der Waals surface area contributed by atoms with Crippen LogP contribution >= 0.6 is 15.9 Å². The lowest BCUT2D eigenvalue weighted by Crippen LogP contribution is -2.08. The molecule has 0 aromatic heterocycles. The normalized spacial score (nSPS) is 10.7. The Morgan fingerprint density at radius 3 is 2.59 bits per heavy atom. The van der Waals surface area contributed by atoms with Gasteiger partial charge in [-0.25, -0.2) is 0 Å². The number of anilines is 1. The Kier molecular flexibility index (Phi) is 5.83. The molecule has 0 spiro atoms. The summed E-state index contributed by atoms with van der Waals surface area (Å²) in [5.74, 6) is 1.39. The Bertz CT molecular complexity index is 645. The Morgan fingerprint density at radius 2 is 1.95 bits per heavy atom. The predicted molar refractivity (Wildman–Crippen MR) is 94.3 cm³/mol. The fourth-order valence-electron chi connectivity index (χ4n) is 1.99. The summed E-state index contributed by atoms with van der Waals surface area (Å²) in [5, 5.41) is 6.27. The van der Waals surface area contributed by atoms with E-state index < -0.39 is 0 Å². The Hall–Kier alpha value is -2.01. The van der Waals surface area contributed by atoms with Gasteiger partial charge in [-0.3, -0.25) is 5.01 Å². The van der Waals surface area contributed by atoms with E-state index in [1.54, 1.807) is 13.3 Å². The number of benzene rings is 2. The average molecular weight is 363 g/mol. The molecule has 4 nitrogen and oxygen atoms in total. The van der Waals surface area contributed by atoms with Crippen LogP contribution in [0, 0.1) is 0 Å². The van der Waals surface area contributed by atoms with Gasteiger partial charge in [0.2, 0.25) is 0 Å². The molecular weight excluding hydrogens is 344 g/mol. The van der Waals surface area contributed by atoms with Crippen molar-refractivity contribution in [1.29, 1.82) is 0 Å².